The summed E-state index contributed by atoms with van der Waals surface area (Å²) in [5.74, 6) is -3.29. The van der Waals surface area contributed by atoms with E-state index >= 15 is 0 Å². The van der Waals surface area contributed by atoms with Gasteiger partial charge in [0.15, 0.2) is 0 Å². The van der Waals surface area contributed by atoms with Crippen LogP contribution in [0.5, 0.6) is 0 Å². The number of thiol groups is 1. The van der Waals surface area contributed by atoms with Gasteiger partial charge in [0.2, 0.25) is 17.7 Å². The lowest BCUT2D eigenvalue weighted by Gasteiger charge is -2.19. The number of hydrogen-bond acceptors (Lipinski definition) is 6. The van der Waals surface area contributed by atoms with Gasteiger partial charge in [-0.15, -0.1) is 0 Å². The Morgan fingerprint density at radius 1 is 1.15 bits per heavy atom. The molecule has 9 nitrogen and oxygen atoms in total. The van der Waals surface area contributed by atoms with Crippen molar-refractivity contribution in [3.63, 3.8) is 0 Å². The van der Waals surface area contributed by atoms with Gasteiger partial charge in [-0.3, -0.25) is 14.4 Å². The number of carboxylic acids is 1. The zero-order valence-electron chi connectivity index (χ0n) is 10.7. The van der Waals surface area contributed by atoms with Crippen LogP contribution in [0.1, 0.15) is 12.8 Å². The largest absolute Gasteiger partial charge is 0.480 e. The van der Waals surface area contributed by atoms with Crippen LogP contribution in [0.4, 0.5) is 0 Å². The Morgan fingerprint density at radius 2 is 1.75 bits per heavy atom. The van der Waals surface area contributed by atoms with E-state index in [1.54, 1.807) is 0 Å². The van der Waals surface area contributed by atoms with Gasteiger partial charge >= 0.3 is 5.97 Å². The maximum absolute atomic E-state index is 11.8. The van der Waals surface area contributed by atoms with E-state index in [9.17, 15) is 19.2 Å². The molecule has 0 rings (SSSR count). The molecule has 20 heavy (non-hydrogen) atoms. The number of hydrogen-bond donors (Lipinski definition) is 6. The van der Waals surface area contributed by atoms with Gasteiger partial charge in [0.1, 0.15) is 12.1 Å². The van der Waals surface area contributed by atoms with Gasteiger partial charge in [-0.2, -0.15) is 12.6 Å². The Balaban J connectivity index is 4.59. The maximum atomic E-state index is 11.8. The number of amides is 3. The van der Waals surface area contributed by atoms with E-state index in [2.05, 4.69) is 23.3 Å². The summed E-state index contributed by atoms with van der Waals surface area (Å²) in [4.78, 5) is 44.4. The highest BCUT2D eigenvalue weighted by molar-refractivity contribution is 7.80. The van der Waals surface area contributed by atoms with Gasteiger partial charge < -0.3 is 27.2 Å². The third-order valence-corrected chi connectivity index (χ3v) is 2.68. The van der Waals surface area contributed by atoms with Crippen LogP contribution in [0.3, 0.4) is 0 Å². The van der Waals surface area contributed by atoms with Crippen LogP contribution in [-0.2, 0) is 19.2 Å². The highest BCUT2D eigenvalue weighted by Gasteiger charge is 2.25. The fourth-order valence-electron chi connectivity index (χ4n) is 1.26. The predicted molar refractivity (Wildman–Crippen MR) is 72.8 cm³/mol. The highest BCUT2D eigenvalue weighted by Crippen LogP contribution is 1.99. The first-order valence-electron chi connectivity index (χ1n) is 5.73. The minimum atomic E-state index is -1.30. The van der Waals surface area contributed by atoms with Crippen molar-refractivity contribution in [3.8, 4) is 0 Å². The minimum Gasteiger partial charge on any atom is -0.480 e. The molecule has 0 aromatic carbocycles. The van der Waals surface area contributed by atoms with Crippen molar-refractivity contribution >= 4 is 36.3 Å². The van der Waals surface area contributed by atoms with Gasteiger partial charge in [0, 0.05) is 12.2 Å². The van der Waals surface area contributed by atoms with Gasteiger partial charge in [-0.1, -0.05) is 0 Å². The lowest BCUT2D eigenvalue weighted by atomic mass is 10.1. The normalized spacial score (nSPS) is 13.1. The predicted octanol–water partition coefficient (Wildman–Crippen LogP) is -2.81. The van der Waals surface area contributed by atoms with E-state index < -0.39 is 35.8 Å². The van der Waals surface area contributed by atoms with Crippen molar-refractivity contribution in [3.05, 3.63) is 0 Å². The Hall–Kier alpha value is -1.81. The Kier molecular flexibility index (Phi) is 8.32. The lowest BCUT2D eigenvalue weighted by Crippen LogP contribution is -2.53. The summed E-state index contributed by atoms with van der Waals surface area (Å²) in [5.41, 5.74) is 10.0. The van der Waals surface area contributed by atoms with E-state index in [1.165, 1.54) is 0 Å². The third-order valence-electron chi connectivity index (χ3n) is 2.31. The summed E-state index contributed by atoms with van der Waals surface area (Å²) in [6.07, 6.45) is -0.321. The maximum Gasteiger partial charge on any atom is 0.326 e. The second-order valence-corrected chi connectivity index (χ2v) is 4.28. The topological polar surface area (TPSA) is 165 Å². The van der Waals surface area contributed by atoms with Crippen molar-refractivity contribution in [2.24, 2.45) is 11.5 Å². The van der Waals surface area contributed by atoms with Crippen LogP contribution in [0.15, 0.2) is 0 Å². The molecular formula is C10H18N4O5S. The number of nitrogens with one attached hydrogen (secondary N) is 2. The van der Waals surface area contributed by atoms with Crippen LogP contribution in [0.25, 0.3) is 0 Å². The average Bonchev–Trinajstić information content (AvgIpc) is 2.39. The van der Waals surface area contributed by atoms with Gasteiger partial charge in [0.05, 0.1) is 6.54 Å². The number of aliphatic carboxylic acids is 1. The van der Waals surface area contributed by atoms with Crippen LogP contribution >= 0.6 is 12.6 Å². The second kappa shape index (κ2) is 9.15. The summed E-state index contributed by atoms with van der Waals surface area (Å²) in [5, 5.41) is 13.4. The van der Waals surface area contributed by atoms with Crippen LogP contribution in [0.2, 0.25) is 0 Å². The molecule has 0 fully saturated rings. The summed E-state index contributed by atoms with van der Waals surface area (Å²) < 4.78 is 0. The molecule has 0 bridgehead atoms. The molecule has 0 radical (unpaired) electrons. The lowest BCUT2D eigenvalue weighted by molar-refractivity contribution is -0.142. The molecule has 0 saturated heterocycles. The molecule has 2 unspecified atom stereocenters. The summed E-state index contributed by atoms with van der Waals surface area (Å²) in [6, 6.07) is -2.28. The van der Waals surface area contributed by atoms with E-state index in [0.717, 1.165) is 0 Å². The molecule has 2 atom stereocenters. The van der Waals surface area contributed by atoms with Crippen molar-refractivity contribution in [1.29, 1.82) is 0 Å². The number of carbonyl (C=O) groups is 4. The molecule has 0 heterocycles. The summed E-state index contributed by atoms with van der Waals surface area (Å²) in [7, 11) is 0. The first-order valence-corrected chi connectivity index (χ1v) is 6.36. The molecule has 7 N–H and O–H groups in total. The zero-order valence-corrected chi connectivity index (χ0v) is 11.6. The van der Waals surface area contributed by atoms with Crippen molar-refractivity contribution in [2.45, 2.75) is 24.9 Å². The quantitative estimate of drug-likeness (QED) is 0.252. The molecule has 0 aliphatic heterocycles. The van der Waals surface area contributed by atoms with E-state index in [4.69, 9.17) is 16.6 Å². The number of nitrogens with two attached hydrogens (primary N) is 2. The standard InChI is InChI=1S/C10H18N4O5S/c11-3-8(16)13-6(4-20)9(17)14-5(10(18)19)1-2-7(12)15/h5-6,20H,1-4,11H2,(H2,12,15)(H,13,16)(H,14,17)(H,18,19). The molecular weight excluding hydrogens is 288 g/mol. The smallest absolute Gasteiger partial charge is 0.326 e. The van der Waals surface area contributed by atoms with Crippen LogP contribution < -0.4 is 22.1 Å². The highest BCUT2D eigenvalue weighted by atomic mass is 32.1. The first-order chi connectivity index (χ1) is 9.31. The summed E-state index contributed by atoms with van der Waals surface area (Å²) in [6.45, 7) is -0.304. The van der Waals surface area contributed by atoms with Crippen molar-refractivity contribution < 1.29 is 24.3 Å². The monoisotopic (exact) mass is 306 g/mol. The summed E-state index contributed by atoms with van der Waals surface area (Å²) >= 11 is 3.89. The van der Waals surface area contributed by atoms with Gasteiger partial charge in [-0.25, -0.2) is 4.79 Å². The Morgan fingerprint density at radius 3 is 2.15 bits per heavy atom. The minimum absolute atomic E-state index is 0.0280. The molecule has 0 aromatic heterocycles. The Bertz CT molecular complexity index is 390. The average molecular weight is 306 g/mol. The van der Waals surface area contributed by atoms with Gasteiger partial charge in [-0.05, 0) is 6.42 Å². The molecule has 3 amide bonds. The fourth-order valence-corrected chi connectivity index (χ4v) is 1.52. The number of primary amides is 1. The van der Waals surface area contributed by atoms with Crippen LogP contribution in [-0.4, -0.2) is 53.2 Å². The zero-order chi connectivity index (χ0) is 15.7. The molecule has 114 valence electrons. The third kappa shape index (κ3) is 6.95. The fraction of sp³-hybridized carbons (Fsp3) is 0.600. The van der Waals surface area contributed by atoms with Crippen molar-refractivity contribution in [2.75, 3.05) is 12.3 Å². The number of carboxylic acid groups (broad SMARTS) is 1. The second-order valence-electron chi connectivity index (χ2n) is 3.91. The number of carbonyl (C=O) groups excluding carboxylic acids is 3. The van der Waals surface area contributed by atoms with E-state index in [-0.39, 0.29) is 25.1 Å². The molecule has 0 aliphatic rings. The van der Waals surface area contributed by atoms with Crippen LogP contribution in [0, 0.1) is 0 Å². The van der Waals surface area contributed by atoms with E-state index in [0.29, 0.717) is 0 Å². The molecule has 10 heteroatoms. The number of rotatable bonds is 9. The van der Waals surface area contributed by atoms with E-state index in [1.807, 2.05) is 0 Å². The Labute approximate surface area is 120 Å². The molecule has 0 aliphatic carbocycles. The molecule has 0 aromatic rings. The SMILES string of the molecule is NCC(=O)NC(CS)C(=O)NC(CCC(N)=O)C(=O)O. The molecule has 0 saturated carbocycles. The molecule has 0 spiro atoms. The first kappa shape index (κ1) is 18.2. The van der Waals surface area contributed by atoms with Gasteiger partial charge in [0.25, 0.3) is 0 Å². The van der Waals surface area contributed by atoms with Crippen molar-refractivity contribution in [1.82, 2.24) is 10.6 Å².